The van der Waals surface area contributed by atoms with E-state index in [9.17, 15) is 4.79 Å². The molecule has 0 bridgehead atoms. The van der Waals surface area contributed by atoms with E-state index < -0.39 is 0 Å². The van der Waals surface area contributed by atoms with Gasteiger partial charge in [-0.25, -0.2) is 0 Å². The molecule has 0 aliphatic carbocycles. The highest BCUT2D eigenvalue weighted by Gasteiger charge is 2.12. The van der Waals surface area contributed by atoms with Crippen molar-refractivity contribution in [3.05, 3.63) is 75.6 Å². The topological polar surface area (TPSA) is 73.6 Å². The van der Waals surface area contributed by atoms with Crippen molar-refractivity contribution >= 4 is 33.6 Å². The van der Waals surface area contributed by atoms with E-state index in [1.807, 2.05) is 56.3 Å². The summed E-state index contributed by atoms with van der Waals surface area (Å²) in [7, 11) is 1.58. The zero-order chi connectivity index (χ0) is 20.8. The molecule has 1 heterocycles. The zero-order valence-electron chi connectivity index (χ0n) is 16.4. The monoisotopic (exact) mass is 456 g/mol. The van der Waals surface area contributed by atoms with Crippen molar-refractivity contribution < 1.29 is 18.8 Å². The molecule has 0 atom stereocenters. The van der Waals surface area contributed by atoms with Crippen molar-refractivity contribution in [2.45, 2.75) is 20.5 Å². The number of benzene rings is 2. The third-order valence-electron chi connectivity index (χ3n) is 4.28. The molecule has 1 amide bonds. The molecule has 29 heavy (non-hydrogen) atoms. The average Bonchev–Trinajstić information content (AvgIpc) is 3.04. The first-order valence-electron chi connectivity index (χ1n) is 8.93. The fourth-order valence-electron chi connectivity index (χ4n) is 2.65. The second kappa shape index (κ2) is 9.43. The average molecular weight is 457 g/mol. The number of nitrogens with zero attached hydrogens (tertiary/aromatic N) is 1. The van der Waals surface area contributed by atoms with E-state index in [1.165, 1.54) is 6.08 Å². The van der Waals surface area contributed by atoms with Crippen LogP contribution in [0.5, 0.6) is 11.5 Å². The van der Waals surface area contributed by atoms with Gasteiger partial charge in [0.1, 0.15) is 12.4 Å². The number of hydrogen-bond acceptors (Lipinski definition) is 5. The van der Waals surface area contributed by atoms with Gasteiger partial charge in [-0.15, -0.1) is 0 Å². The molecule has 2 aromatic carbocycles. The highest BCUT2D eigenvalue weighted by molar-refractivity contribution is 9.10. The minimum absolute atomic E-state index is 0.218. The van der Waals surface area contributed by atoms with Crippen LogP contribution in [0.15, 0.2) is 57.5 Å². The van der Waals surface area contributed by atoms with Crippen LogP contribution in [-0.2, 0) is 11.4 Å². The maximum Gasteiger partial charge on any atom is 0.248 e. The maximum absolute atomic E-state index is 12.1. The first-order chi connectivity index (χ1) is 14.0. The summed E-state index contributed by atoms with van der Waals surface area (Å²) in [6.45, 7) is 4.06. The van der Waals surface area contributed by atoms with Gasteiger partial charge in [0.05, 0.1) is 18.4 Å². The Morgan fingerprint density at radius 3 is 2.59 bits per heavy atom. The number of methoxy groups -OCH3 is 1. The number of halogens is 1. The number of ether oxygens (including phenoxy) is 2. The van der Waals surface area contributed by atoms with Crippen molar-refractivity contribution in [2.24, 2.45) is 0 Å². The van der Waals surface area contributed by atoms with E-state index >= 15 is 0 Å². The van der Waals surface area contributed by atoms with Crippen LogP contribution >= 0.6 is 15.9 Å². The number of carbonyl (C=O) groups excluding carboxylic acids is 1. The Morgan fingerprint density at radius 1 is 1.17 bits per heavy atom. The highest BCUT2D eigenvalue weighted by Crippen LogP contribution is 2.30. The summed E-state index contributed by atoms with van der Waals surface area (Å²) in [6, 6.07) is 12.9. The molecule has 6 nitrogen and oxygen atoms in total. The van der Waals surface area contributed by atoms with E-state index in [-0.39, 0.29) is 5.91 Å². The van der Waals surface area contributed by atoms with E-state index in [1.54, 1.807) is 13.2 Å². The van der Waals surface area contributed by atoms with Gasteiger partial charge in [-0.2, -0.15) is 0 Å². The summed E-state index contributed by atoms with van der Waals surface area (Å²) in [4.78, 5) is 12.1. The van der Waals surface area contributed by atoms with Crippen molar-refractivity contribution in [2.75, 3.05) is 12.4 Å². The molecule has 150 valence electrons. The molecule has 7 heteroatoms. The Hall–Kier alpha value is -3.06. The van der Waals surface area contributed by atoms with E-state index in [4.69, 9.17) is 14.0 Å². The number of aromatic nitrogens is 1. The van der Waals surface area contributed by atoms with E-state index in [0.29, 0.717) is 18.1 Å². The Morgan fingerprint density at radius 2 is 1.93 bits per heavy atom. The van der Waals surface area contributed by atoms with Crippen LogP contribution in [0.4, 0.5) is 5.69 Å². The lowest BCUT2D eigenvalue weighted by molar-refractivity contribution is -0.111. The van der Waals surface area contributed by atoms with Crippen LogP contribution < -0.4 is 14.8 Å². The Balaban J connectivity index is 1.65. The third-order valence-corrected chi connectivity index (χ3v) is 4.81. The van der Waals surface area contributed by atoms with Crippen molar-refractivity contribution in [1.29, 1.82) is 0 Å². The van der Waals surface area contributed by atoms with Crippen molar-refractivity contribution in [3.63, 3.8) is 0 Å². The second-order valence-electron chi connectivity index (χ2n) is 6.33. The molecular weight excluding hydrogens is 436 g/mol. The highest BCUT2D eigenvalue weighted by atomic mass is 79.9. The quantitative estimate of drug-likeness (QED) is 0.488. The lowest BCUT2D eigenvalue weighted by Gasteiger charge is -2.11. The molecular formula is C22H21BrN2O4. The zero-order valence-corrected chi connectivity index (χ0v) is 17.9. The molecule has 0 fully saturated rings. The number of anilines is 1. The summed E-state index contributed by atoms with van der Waals surface area (Å²) in [5.74, 6) is 1.69. The van der Waals surface area contributed by atoms with Gasteiger partial charge < -0.3 is 19.3 Å². The standard InChI is InChI=1S/C22H21BrN2O4/c1-14-19(15(2)29-25-14)13-28-20-10-4-16(12-21(20)27-3)5-11-22(26)24-18-8-6-17(23)7-9-18/h4-12H,13H2,1-3H3,(H,24,26)/b11-5+. The van der Waals surface area contributed by atoms with Crippen molar-refractivity contribution in [3.8, 4) is 11.5 Å². The Labute approximate surface area is 177 Å². The van der Waals surface area contributed by atoms with Gasteiger partial charge in [0.2, 0.25) is 5.91 Å². The predicted molar refractivity (Wildman–Crippen MR) is 115 cm³/mol. The van der Waals surface area contributed by atoms with E-state index in [0.717, 1.165) is 32.7 Å². The summed E-state index contributed by atoms with van der Waals surface area (Å²) in [5, 5.41) is 6.73. The van der Waals surface area contributed by atoms with Crippen molar-refractivity contribution in [1.82, 2.24) is 5.16 Å². The minimum atomic E-state index is -0.218. The molecule has 0 aliphatic heterocycles. The van der Waals surface area contributed by atoms with Crippen LogP contribution in [0, 0.1) is 13.8 Å². The van der Waals surface area contributed by atoms with Gasteiger partial charge in [-0.05, 0) is 61.9 Å². The number of hydrogen-bond donors (Lipinski definition) is 1. The molecule has 0 radical (unpaired) electrons. The van der Waals surface area contributed by atoms with Crippen LogP contribution in [0.2, 0.25) is 0 Å². The van der Waals surface area contributed by atoms with Crippen LogP contribution in [0.25, 0.3) is 6.08 Å². The summed E-state index contributed by atoms with van der Waals surface area (Å²) < 4.78 is 17.4. The summed E-state index contributed by atoms with van der Waals surface area (Å²) >= 11 is 3.36. The SMILES string of the molecule is COc1cc(/C=C/C(=O)Nc2ccc(Br)cc2)ccc1OCc1c(C)noc1C. The normalized spacial score (nSPS) is 10.9. The molecule has 0 saturated carbocycles. The largest absolute Gasteiger partial charge is 0.493 e. The first kappa shape index (κ1) is 20.7. The number of rotatable bonds is 7. The molecule has 0 unspecified atom stereocenters. The van der Waals surface area contributed by atoms with Gasteiger partial charge in [0.25, 0.3) is 0 Å². The van der Waals surface area contributed by atoms with Crippen LogP contribution in [-0.4, -0.2) is 18.2 Å². The van der Waals surface area contributed by atoms with Gasteiger partial charge >= 0.3 is 0 Å². The van der Waals surface area contributed by atoms with Gasteiger partial charge in [0, 0.05) is 16.2 Å². The fraction of sp³-hybridized carbons (Fsp3) is 0.182. The fourth-order valence-corrected chi connectivity index (χ4v) is 2.92. The number of nitrogens with one attached hydrogen (secondary N) is 1. The third kappa shape index (κ3) is 5.48. The number of carbonyl (C=O) groups is 1. The molecule has 3 rings (SSSR count). The molecule has 1 aromatic heterocycles. The lowest BCUT2D eigenvalue weighted by Crippen LogP contribution is -2.07. The molecule has 0 spiro atoms. The molecule has 0 aliphatic rings. The molecule has 0 saturated heterocycles. The summed E-state index contributed by atoms with van der Waals surface area (Å²) in [6.07, 6.45) is 3.19. The van der Waals surface area contributed by atoms with Gasteiger partial charge in [-0.1, -0.05) is 27.2 Å². The van der Waals surface area contributed by atoms with Crippen LogP contribution in [0.1, 0.15) is 22.6 Å². The molecule has 1 N–H and O–H groups in total. The predicted octanol–water partition coefficient (Wildman–Crippen LogP) is 5.29. The lowest BCUT2D eigenvalue weighted by atomic mass is 10.2. The Kier molecular flexibility index (Phi) is 6.72. The number of amides is 1. The minimum Gasteiger partial charge on any atom is -0.493 e. The second-order valence-corrected chi connectivity index (χ2v) is 7.25. The van der Waals surface area contributed by atoms with Gasteiger partial charge in [0.15, 0.2) is 11.5 Å². The summed E-state index contributed by atoms with van der Waals surface area (Å²) in [5.41, 5.74) is 3.26. The molecule has 3 aromatic rings. The van der Waals surface area contributed by atoms with Crippen LogP contribution in [0.3, 0.4) is 0 Å². The van der Waals surface area contributed by atoms with Gasteiger partial charge in [-0.3, -0.25) is 4.79 Å². The Bertz CT molecular complexity index is 1010. The first-order valence-corrected chi connectivity index (χ1v) is 9.73. The van der Waals surface area contributed by atoms with E-state index in [2.05, 4.69) is 26.4 Å². The maximum atomic E-state index is 12.1. The number of aryl methyl sites for hydroxylation is 2. The smallest absolute Gasteiger partial charge is 0.248 e.